The van der Waals surface area contributed by atoms with Crippen molar-refractivity contribution < 1.29 is 9.21 Å². The van der Waals surface area contributed by atoms with Gasteiger partial charge < -0.3 is 14.2 Å². The summed E-state index contributed by atoms with van der Waals surface area (Å²) in [5, 5.41) is 8.26. The number of benzene rings is 2. The lowest BCUT2D eigenvalue weighted by molar-refractivity contribution is -0.128. The molecule has 0 aliphatic heterocycles. The number of carbonyl (C=O) groups is 1. The molecule has 0 saturated heterocycles. The molecule has 0 N–H and O–H groups in total. The van der Waals surface area contributed by atoms with Crippen LogP contribution in [-0.2, 0) is 4.79 Å². The molecule has 1 heterocycles. The number of hydrogen-bond donors (Lipinski definition) is 0. The van der Waals surface area contributed by atoms with Crippen LogP contribution in [0.15, 0.2) is 64.2 Å². The molecule has 0 saturated carbocycles. The van der Waals surface area contributed by atoms with Gasteiger partial charge in [-0.25, -0.2) is 0 Å². The van der Waals surface area contributed by atoms with E-state index in [1.165, 1.54) is 11.8 Å². The van der Waals surface area contributed by atoms with Crippen LogP contribution in [0.1, 0.15) is 24.7 Å². The molecule has 0 spiro atoms. The standard InChI is InChI=1S/C22H26N4O2S/c1-5-26(6-2)18-14-12-17(13-15-18)20-23-24-22(28-20)29-19(21(27)25(3)4)16-10-8-7-9-11-16/h7-15,19H,5-6H2,1-4H3. The highest BCUT2D eigenvalue weighted by Gasteiger charge is 2.26. The van der Waals surface area contributed by atoms with Crippen molar-refractivity contribution in [1.29, 1.82) is 0 Å². The summed E-state index contributed by atoms with van der Waals surface area (Å²) in [6.45, 7) is 6.18. The van der Waals surface area contributed by atoms with E-state index in [9.17, 15) is 4.79 Å². The summed E-state index contributed by atoms with van der Waals surface area (Å²) >= 11 is 1.27. The number of amides is 1. The molecule has 0 radical (unpaired) electrons. The summed E-state index contributed by atoms with van der Waals surface area (Å²) in [5.41, 5.74) is 2.92. The van der Waals surface area contributed by atoms with Gasteiger partial charge >= 0.3 is 0 Å². The van der Waals surface area contributed by atoms with Crippen LogP contribution in [0.4, 0.5) is 5.69 Å². The lowest BCUT2D eigenvalue weighted by Crippen LogP contribution is -2.26. The molecular weight excluding hydrogens is 384 g/mol. The maximum Gasteiger partial charge on any atom is 0.277 e. The molecule has 1 unspecified atom stereocenters. The number of rotatable bonds is 8. The molecule has 0 bridgehead atoms. The quantitative estimate of drug-likeness (QED) is 0.510. The number of carbonyl (C=O) groups excluding carboxylic acids is 1. The van der Waals surface area contributed by atoms with Crippen molar-refractivity contribution in [3.05, 3.63) is 60.2 Å². The first-order valence-corrected chi connectivity index (χ1v) is 10.5. The zero-order valence-corrected chi connectivity index (χ0v) is 18.0. The van der Waals surface area contributed by atoms with E-state index in [0.29, 0.717) is 11.1 Å². The van der Waals surface area contributed by atoms with Crippen LogP contribution < -0.4 is 4.90 Å². The molecule has 152 valence electrons. The van der Waals surface area contributed by atoms with Crippen molar-refractivity contribution in [2.45, 2.75) is 24.3 Å². The van der Waals surface area contributed by atoms with E-state index in [1.807, 2.05) is 42.5 Å². The van der Waals surface area contributed by atoms with Crippen molar-refractivity contribution in [3.8, 4) is 11.5 Å². The second-order valence-electron chi connectivity index (χ2n) is 6.73. The molecule has 6 nitrogen and oxygen atoms in total. The van der Waals surface area contributed by atoms with E-state index >= 15 is 0 Å². The Balaban J connectivity index is 1.80. The molecule has 2 aromatic carbocycles. The Bertz CT molecular complexity index is 922. The first-order valence-electron chi connectivity index (χ1n) is 9.65. The summed E-state index contributed by atoms with van der Waals surface area (Å²) in [7, 11) is 3.49. The molecule has 1 atom stereocenters. The molecule has 1 aromatic heterocycles. The fraction of sp³-hybridized carbons (Fsp3) is 0.318. The average molecular weight is 411 g/mol. The lowest BCUT2D eigenvalue weighted by Gasteiger charge is -2.20. The molecule has 0 aliphatic carbocycles. The van der Waals surface area contributed by atoms with Gasteiger partial charge in [0.05, 0.1) is 0 Å². The third-order valence-electron chi connectivity index (χ3n) is 4.64. The number of anilines is 1. The summed E-state index contributed by atoms with van der Waals surface area (Å²) in [6.07, 6.45) is 0. The fourth-order valence-electron chi connectivity index (χ4n) is 3.00. The van der Waals surface area contributed by atoms with Crippen LogP contribution in [0.3, 0.4) is 0 Å². The van der Waals surface area contributed by atoms with Gasteiger partial charge in [-0.3, -0.25) is 4.79 Å². The molecule has 1 amide bonds. The van der Waals surface area contributed by atoms with Crippen molar-refractivity contribution in [3.63, 3.8) is 0 Å². The van der Waals surface area contributed by atoms with Gasteiger partial charge in [0.2, 0.25) is 11.8 Å². The SMILES string of the molecule is CCN(CC)c1ccc(-c2nnc(SC(C(=O)N(C)C)c3ccccc3)o2)cc1. The Morgan fingerprint density at radius 2 is 1.66 bits per heavy atom. The second kappa shape index (κ2) is 9.60. The monoisotopic (exact) mass is 410 g/mol. The minimum atomic E-state index is -0.440. The predicted molar refractivity (Wildman–Crippen MR) is 117 cm³/mol. The maximum atomic E-state index is 12.7. The van der Waals surface area contributed by atoms with Gasteiger partial charge in [-0.2, -0.15) is 0 Å². The first-order chi connectivity index (χ1) is 14.0. The third-order valence-corrected chi connectivity index (χ3v) is 5.71. The number of hydrogen-bond acceptors (Lipinski definition) is 6. The topological polar surface area (TPSA) is 62.5 Å². The van der Waals surface area contributed by atoms with Crippen LogP contribution in [0.2, 0.25) is 0 Å². The van der Waals surface area contributed by atoms with Crippen LogP contribution in [-0.4, -0.2) is 48.2 Å². The van der Waals surface area contributed by atoms with Crippen LogP contribution in [0.25, 0.3) is 11.5 Å². The number of nitrogens with zero attached hydrogens (tertiary/aromatic N) is 4. The van der Waals surface area contributed by atoms with E-state index < -0.39 is 5.25 Å². The first kappa shape index (κ1) is 20.9. The van der Waals surface area contributed by atoms with Gasteiger partial charge in [0, 0.05) is 38.4 Å². The van der Waals surface area contributed by atoms with E-state index in [1.54, 1.807) is 19.0 Å². The highest BCUT2D eigenvalue weighted by Crippen LogP contribution is 2.36. The van der Waals surface area contributed by atoms with Crippen molar-refractivity contribution in [2.24, 2.45) is 0 Å². The largest absolute Gasteiger partial charge is 0.411 e. The van der Waals surface area contributed by atoms with Gasteiger partial charge in [0.1, 0.15) is 5.25 Å². The Morgan fingerprint density at radius 3 is 2.24 bits per heavy atom. The van der Waals surface area contributed by atoms with Gasteiger partial charge in [-0.15, -0.1) is 10.2 Å². The summed E-state index contributed by atoms with van der Waals surface area (Å²) < 4.78 is 5.86. The van der Waals surface area contributed by atoms with E-state index in [-0.39, 0.29) is 5.91 Å². The van der Waals surface area contributed by atoms with E-state index in [2.05, 4.69) is 41.1 Å². The molecule has 0 fully saturated rings. The zero-order chi connectivity index (χ0) is 20.8. The smallest absolute Gasteiger partial charge is 0.277 e. The minimum Gasteiger partial charge on any atom is -0.411 e. The van der Waals surface area contributed by atoms with E-state index in [4.69, 9.17) is 4.42 Å². The molecule has 7 heteroatoms. The van der Waals surface area contributed by atoms with Gasteiger partial charge in [-0.05, 0) is 55.4 Å². The Hall–Kier alpha value is -2.80. The zero-order valence-electron chi connectivity index (χ0n) is 17.2. The summed E-state index contributed by atoms with van der Waals surface area (Å²) in [4.78, 5) is 16.5. The Labute approximate surface area is 175 Å². The van der Waals surface area contributed by atoms with Crippen molar-refractivity contribution in [2.75, 3.05) is 32.1 Å². The molecule has 29 heavy (non-hydrogen) atoms. The number of aromatic nitrogens is 2. The van der Waals surface area contributed by atoms with Gasteiger partial charge in [0.25, 0.3) is 5.22 Å². The van der Waals surface area contributed by atoms with Crippen LogP contribution >= 0.6 is 11.8 Å². The minimum absolute atomic E-state index is 0.0236. The Morgan fingerprint density at radius 1 is 1.00 bits per heavy atom. The van der Waals surface area contributed by atoms with E-state index in [0.717, 1.165) is 29.9 Å². The van der Waals surface area contributed by atoms with Crippen LogP contribution in [0, 0.1) is 0 Å². The average Bonchev–Trinajstić information content (AvgIpc) is 3.22. The van der Waals surface area contributed by atoms with Crippen LogP contribution in [0.5, 0.6) is 0 Å². The van der Waals surface area contributed by atoms with Crippen molar-refractivity contribution >= 4 is 23.4 Å². The maximum absolute atomic E-state index is 12.7. The Kier molecular flexibility index (Phi) is 6.93. The molecule has 3 aromatic rings. The van der Waals surface area contributed by atoms with Crippen molar-refractivity contribution in [1.82, 2.24) is 15.1 Å². The fourth-order valence-corrected chi connectivity index (χ4v) is 4.02. The summed E-state index contributed by atoms with van der Waals surface area (Å²) in [6, 6.07) is 17.7. The normalized spacial score (nSPS) is 11.9. The van der Waals surface area contributed by atoms with Gasteiger partial charge in [-0.1, -0.05) is 30.3 Å². The third kappa shape index (κ3) is 4.98. The highest BCUT2D eigenvalue weighted by molar-refractivity contribution is 8.00. The molecule has 0 aliphatic rings. The number of likely N-dealkylation sites (N-methyl/N-ethyl adjacent to an activating group) is 1. The lowest BCUT2D eigenvalue weighted by atomic mass is 10.1. The highest BCUT2D eigenvalue weighted by atomic mass is 32.2. The predicted octanol–water partition coefficient (Wildman–Crippen LogP) is 4.50. The van der Waals surface area contributed by atoms with Gasteiger partial charge in [0.15, 0.2) is 0 Å². The second-order valence-corrected chi connectivity index (χ2v) is 7.79. The summed E-state index contributed by atoms with van der Waals surface area (Å²) in [5.74, 6) is 0.423. The number of thioether (sulfide) groups is 1. The molecular formula is C22H26N4O2S. The molecule has 3 rings (SSSR count).